The lowest BCUT2D eigenvalue weighted by Gasteiger charge is -2.38. The van der Waals surface area contributed by atoms with E-state index in [1.165, 1.54) is 14.0 Å². The number of carbonyl (C=O) groups excluding carboxylic acids is 3. The minimum Gasteiger partial charge on any atom is -0.493 e. The number of rotatable bonds is 11. The van der Waals surface area contributed by atoms with E-state index in [2.05, 4.69) is 0 Å². The van der Waals surface area contributed by atoms with Crippen LogP contribution in [0.15, 0.2) is 52.7 Å². The predicted octanol–water partition coefficient (Wildman–Crippen LogP) is 4.79. The number of hydrogen-bond acceptors (Lipinski definition) is 10. The Morgan fingerprint density at radius 3 is 2.24 bits per heavy atom. The summed E-state index contributed by atoms with van der Waals surface area (Å²) in [6, 6.07) is 10.7. The van der Waals surface area contributed by atoms with Gasteiger partial charge in [0.05, 0.1) is 38.9 Å². The van der Waals surface area contributed by atoms with Crippen LogP contribution in [-0.2, 0) is 23.9 Å². The van der Waals surface area contributed by atoms with Gasteiger partial charge in [-0.3, -0.25) is 14.6 Å². The van der Waals surface area contributed by atoms with E-state index in [-0.39, 0.29) is 37.1 Å². The second kappa shape index (κ2) is 13.7. The summed E-state index contributed by atoms with van der Waals surface area (Å²) in [7, 11) is 4.67. The maximum absolute atomic E-state index is 14.0. The third-order valence-electron chi connectivity index (χ3n) is 7.45. The first-order valence-electron chi connectivity index (χ1n) is 13.9. The average Bonchev–Trinajstić information content (AvgIpc) is 2.96. The van der Waals surface area contributed by atoms with Gasteiger partial charge in [0.2, 0.25) is 0 Å². The number of benzene rings is 2. The van der Waals surface area contributed by atoms with Crippen LogP contribution in [-0.4, -0.2) is 64.6 Å². The molecule has 42 heavy (non-hydrogen) atoms. The smallest absolute Gasteiger partial charge is 0.336 e. The van der Waals surface area contributed by atoms with Crippen molar-refractivity contribution in [1.29, 1.82) is 0 Å². The zero-order chi connectivity index (χ0) is 30.4. The number of nitrogens with zero attached hydrogens (tertiary/aromatic N) is 1. The molecule has 0 aromatic heterocycles. The minimum atomic E-state index is -0.677. The highest BCUT2D eigenvalue weighted by Gasteiger charge is 2.46. The maximum Gasteiger partial charge on any atom is 0.336 e. The third kappa shape index (κ3) is 6.49. The Hall–Kier alpha value is -4.18. The number of ether oxygens (including phenoxy) is 6. The molecule has 3 atom stereocenters. The van der Waals surface area contributed by atoms with Gasteiger partial charge in [-0.2, -0.15) is 0 Å². The number of hydrogen-bond donors (Lipinski definition) is 0. The van der Waals surface area contributed by atoms with Gasteiger partial charge in [0.15, 0.2) is 23.0 Å². The molecular formula is C32H37NO9. The summed E-state index contributed by atoms with van der Waals surface area (Å²) in [4.78, 5) is 43.9. The number of ketones is 1. The highest BCUT2D eigenvalue weighted by atomic mass is 16.6. The van der Waals surface area contributed by atoms with E-state index in [0.29, 0.717) is 52.8 Å². The summed E-state index contributed by atoms with van der Waals surface area (Å²) in [5.74, 6) is -0.775. The van der Waals surface area contributed by atoms with Crippen LogP contribution in [0.5, 0.6) is 23.0 Å². The van der Waals surface area contributed by atoms with Crippen molar-refractivity contribution >= 4 is 23.4 Å². The molecule has 224 valence electrons. The van der Waals surface area contributed by atoms with E-state index in [9.17, 15) is 14.4 Å². The fraction of sp³-hybridized carbons (Fsp3) is 0.438. The zero-order valence-corrected chi connectivity index (χ0v) is 24.9. The first-order valence-corrected chi connectivity index (χ1v) is 13.9. The number of allylic oxidation sites excluding steroid dienone is 1. The molecule has 1 saturated carbocycles. The second-order valence-corrected chi connectivity index (χ2v) is 10.1. The van der Waals surface area contributed by atoms with Gasteiger partial charge in [-0.1, -0.05) is 12.1 Å². The molecule has 10 heteroatoms. The Bertz CT molecular complexity index is 1410. The van der Waals surface area contributed by atoms with Crippen LogP contribution in [0.2, 0.25) is 0 Å². The molecule has 3 unspecified atom stereocenters. The fourth-order valence-corrected chi connectivity index (χ4v) is 5.67. The summed E-state index contributed by atoms with van der Waals surface area (Å²) in [6.07, 6.45) is 0.778. The molecule has 0 radical (unpaired) electrons. The summed E-state index contributed by atoms with van der Waals surface area (Å²) in [5.41, 5.74) is 3.08. The van der Waals surface area contributed by atoms with Gasteiger partial charge in [-0.15, -0.1) is 0 Å². The molecule has 0 bridgehead atoms. The van der Waals surface area contributed by atoms with Crippen molar-refractivity contribution in [3.63, 3.8) is 0 Å². The summed E-state index contributed by atoms with van der Waals surface area (Å²) in [5, 5.41) is 0. The summed E-state index contributed by atoms with van der Waals surface area (Å²) < 4.78 is 32.6. The van der Waals surface area contributed by atoms with E-state index in [1.54, 1.807) is 39.3 Å². The minimum absolute atomic E-state index is 0.0403. The van der Waals surface area contributed by atoms with Gasteiger partial charge in [-0.05, 0) is 61.6 Å². The molecule has 2 aromatic rings. The Balaban J connectivity index is 1.78. The molecule has 2 aliphatic rings. The molecule has 0 N–H and O–H groups in total. The van der Waals surface area contributed by atoms with Gasteiger partial charge < -0.3 is 28.4 Å². The van der Waals surface area contributed by atoms with Gasteiger partial charge in [0.25, 0.3) is 0 Å². The molecule has 0 saturated heterocycles. The maximum atomic E-state index is 14.0. The molecule has 10 nitrogen and oxygen atoms in total. The number of aliphatic imine (C=N–C) groups is 1. The van der Waals surface area contributed by atoms with Crippen molar-refractivity contribution in [3.05, 3.63) is 58.8 Å². The predicted molar refractivity (Wildman–Crippen MR) is 155 cm³/mol. The van der Waals surface area contributed by atoms with Crippen LogP contribution >= 0.6 is 0 Å². The van der Waals surface area contributed by atoms with E-state index in [0.717, 1.165) is 5.56 Å². The van der Waals surface area contributed by atoms with Gasteiger partial charge in [0.1, 0.15) is 12.4 Å². The van der Waals surface area contributed by atoms with E-state index >= 15 is 0 Å². The lowest BCUT2D eigenvalue weighted by molar-refractivity contribution is -0.141. The van der Waals surface area contributed by atoms with E-state index in [4.69, 9.17) is 33.4 Å². The Morgan fingerprint density at radius 1 is 0.881 bits per heavy atom. The first-order chi connectivity index (χ1) is 20.2. The zero-order valence-electron chi connectivity index (χ0n) is 24.9. The van der Waals surface area contributed by atoms with Crippen LogP contribution in [0, 0.1) is 5.92 Å². The van der Waals surface area contributed by atoms with Crippen molar-refractivity contribution in [2.24, 2.45) is 10.9 Å². The fourth-order valence-electron chi connectivity index (χ4n) is 5.67. The van der Waals surface area contributed by atoms with Crippen LogP contribution in [0.4, 0.5) is 0 Å². The number of fused-ring (bicyclic) bond motifs is 1. The number of Topliss-reactive ketones (excluding diaryl/α,β-unsaturated/α-hetero) is 1. The molecule has 1 heterocycles. The van der Waals surface area contributed by atoms with Crippen molar-refractivity contribution in [3.8, 4) is 23.0 Å². The van der Waals surface area contributed by atoms with Crippen molar-refractivity contribution < 1.29 is 42.8 Å². The number of esters is 2. The molecule has 1 aliphatic heterocycles. The molecule has 0 amide bonds. The highest BCUT2D eigenvalue weighted by molar-refractivity contribution is 6.12. The third-order valence-corrected chi connectivity index (χ3v) is 7.45. The van der Waals surface area contributed by atoms with Gasteiger partial charge >= 0.3 is 11.9 Å². The average molecular weight is 580 g/mol. The quantitative estimate of drug-likeness (QED) is 0.210. The van der Waals surface area contributed by atoms with Crippen LogP contribution in [0.25, 0.3) is 0 Å². The van der Waals surface area contributed by atoms with Crippen LogP contribution < -0.4 is 18.9 Å². The largest absolute Gasteiger partial charge is 0.493 e. The lowest BCUT2D eigenvalue weighted by atomic mass is 9.66. The van der Waals surface area contributed by atoms with Crippen molar-refractivity contribution in [1.82, 2.24) is 0 Å². The topological polar surface area (TPSA) is 119 Å². The molecule has 4 rings (SSSR count). The normalized spacial score (nSPS) is 19.9. The molecule has 1 aliphatic carbocycles. The lowest BCUT2D eigenvalue weighted by Crippen LogP contribution is -2.41. The van der Waals surface area contributed by atoms with Crippen molar-refractivity contribution in [2.45, 2.75) is 45.4 Å². The summed E-state index contributed by atoms with van der Waals surface area (Å²) >= 11 is 0. The van der Waals surface area contributed by atoms with E-state index < -0.39 is 23.8 Å². The molecule has 2 aromatic carbocycles. The Morgan fingerprint density at radius 2 is 1.57 bits per heavy atom. The van der Waals surface area contributed by atoms with Gasteiger partial charge in [-0.25, -0.2) is 4.79 Å². The Kier molecular flexibility index (Phi) is 10.0. The number of methoxy groups -OCH3 is 3. The monoisotopic (exact) mass is 579 g/mol. The standard InChI is InChI=1S/C32H37NO9/c1-7-40-28-17-21(9-11-26(28)42-19(3)34)30-29(32(36)41-13-12-37-4)18(2)33-23-14-22(15-24(35)31(23)30)20-8-10-25(38-5)27(16-20)39-6/h8-11,16-17,22,30-31H,7,12-15H2,1-6H3. The SMILES string of the molecule is CCOc1cc(C2C(C(=O)OCCOC)=C(C)N=C3CC(c4ccc(OC)c(OC)c4)CC(=O)C32)ccc1OC(C)=O. The van der Waals surface area contributed by atoms with Crippen LogP contribution in [0.3, 0.4) is 0 Å². The number of carbonyl (C=O) groups is 3. The molecule has 0 spiro atoms. The van der Waals surface area contributed by atoms with Crippen molar-refractivity contribution in [2.75, 3.05) is 41.2 Å². The van der Waals surface area contributed by atoms with Gasteiger partial charge in [0, 0.05) is 37.8 Å². The highest BCUT2D eigenvalue weighted by Crippen LogP contribution is 2.48. The Labute approximate surface area is 245 Å². The summed E-state index contributed by atoms with van der Waals surface area (Å²) in [6.45, 7) is 5.50. The second-order valence-electron chi connectivity index (χ2n) is 10.1. The van der Waals surface area contributed by atoms with E-state index in [1.807, 2.05) is 25.1 Å². The van der Waals surface area contributed by atoms with Crippen LogP contribution in [0.1, 0.15) is 56.6 Å². The first kappa shape index (κ1) is 30.8. The molecular weight excluding hydrogens is 542 g/mol. The molecule has 1 fully saturated rings.